The minimum absolute atomic E-state index is 0.0750. The Morgan fingerprint density at radius 2 is 2.07 bits per heavy atom. The highest BCUT2D eigenvalue weighted by atomic mass is 19.4. The SMILES string of the molecule is CC(C)N(C(=O)O)c1nnc2c(NCc3cccc(C(F)(F)F)c3)nccn12. The Bertz CT molecular complexity index is 1000. The van der Waals surface area contributed by atoms with Crippen LogP contribution in [0.25, 0.3) is 5.65 Å². The van der Waals surface area contributed by atoms with E-state index in [9.17, 15) is 23.1 Å². The van der Waals surface area contributed by atoms with Gasteiger partial charge >= 0.3 is 12.3 Å². The highest BCUT2D eigenvalue weighted by Crippen LogP contribution is 2.29. The first-order valence-corrected chi connectivity index (χ1v) is 8.30. The number of nitrogens with zero attached hydrogens (tertiary/aromatic N) is 5. The number of benzene rings is 1. The van der Waals surface area contributed by atoms with Gasteiger partial charge in [-0.1, -0.05) is 12.1 Å². The van der Waals surface area contributed by atoms with Crippen LogP contribution in [-0.4, -0.2) is 36.8 Å². The number of hydrogen-bond acceptors (Lipinski definition) is 5. The van der Waals surface area contributed by atoms with E-state index in [1.54, 1.807) is 19.9 Å². The highest BCUT2D eigenvalue weighted by Gasteiger charge is 2.30. The molecule has 1 amide bonds. The summed E-state index contributed by atoms with van der Waals surface area (Å²) in [6.45, 7) is 3.47. The molecule has 1 aromatic carbocycles. The molecule has 3 aromatic rings. The predicted octanol–water partition coefficient (Wildman–Crippen LogP) is 3.65. The van der Waals surface area contributed by atoms with Crippen molar-refractivity contribution in [2.24, 2.45) is 0 Å². The molecular weight excluding hydrogens is 377 g/mol. The van der Waals surface area contributed by atoms with E-state index in [1.807, 2.05) is 0 Å². The minimum Gasteiger partial charge on any atom is -0.465 e. The Hall–Kier alpha value is -3.37. The summed E-state index contributed by atoms with van der Waals surface area (Å²) in [5.74, 6) is 0.370. The molecular formula is C17H17F3N6O2. The fourth-order valence-electron chi connectivity index (χ4n) is 2.68. The Morgan fingerprint density at radius 3 is 2.71 bits per heavy atom. The average molecular weight is 394 g/mol. The number of carboxylic acid groups (broad SMARTS) is 1. The summed E-state index contributed by atoms with van der Waals surface area (Å²) in [6, 6.07) is 4.56. The Morgan fingerprint density at radius 1 is 1.32 bits per heavy atom. The number of halogens is 3. The molecule has 0 aliphatic rings. The van der Waals surface area contributed by atoms with Crippen LogP contribution < -0.4 is 10.2 Å². The third-order valence-corrected chi connectivity index (χ3v) is 3.96. The van der Waals surface area contributed by atoms with Crippen molar-refractivity contribution < 1.29 is 23.1 Å². The summed E-state index contributed by atoms with van der Waals surface area (Å²) in [7, 11) is 0. The first-order valence-electron chi connectivity index (χ1n) is 8.30. The number of amides is 1. The zero-order chi connectivity index (χ0) is 20.5. The fraction of sp³-hybridized carbons (Fsp3) is 0.294. The van der Waals surface area contributed by atoms with Gasteiger partial charge in [-0.3, -0.25) is 4.40 Å². The summed E-state index contributed by atoms with van der Waals surface area (Å²) in [6.07, 6.45) is -2.67. The van der Waals surface area contributed by atoms with Crippen molar-refractivity contribution >= 4 is 23.5 Å². The molecule has 0 bridgehead atoms. The zero-order valence-corrected chi connectivity index (χ0v) is 15.0. The van der Waals surface area contributed by atoms with Gasteiger partial charge in [0, 0.05) is 25.0 Å². The molecule has 2 N–H and O–H groups in total. The van der Waals surface area contributed by atoms with Crippen molar-refractivity contribution in [3.8, 4) is 0 Å². The van der Waals surface area contributed by atoms with Gasteiger partial charge in [0.25, 0.3) is 0 Å². The summed E-state index contributed by atoms with van der Waals surface area (Å²) in [5, 5.41) is 20.2. The molecule has 2 heterocycles. The van der Waals surface area contributed by atoms with E-state index in [1.165, 1.54) is 22.9 Å². The van der Waals surface area contributed by atoms with Crippen molar-refractivity contribution in [1.29, 1.82) is 0 Å². The molecule has 0 saturated carbocycles. The monoisotopic (exact) mass is 394 g/mol. The maximum atomic E-state index is 12.8. The Balaban J connectivity index is 1.88. The van der Waals surface area contributed by atoms with Gasteiger partial charge in [-0.05, 0) is 31.5 Å². The number of fused-ring (bicyclic) bond motifs is 1. The molecule has 148 valence electrons. The van der Waals surface area contributed by atoms with Gasteiger partial charge in [0.05, 0.1) is 5.56 Å². The van der Waals surface area contributed by atoms with Gasteiger partial charge in [-0.15, -0.1) is 10.2 Å². The maximum Gasteiger partial charge on any atom is 0.416 e. The molecule has 0 fully saturated rings. The normalized spacial score (nSPS) is 11.8. The van der Waals surface area contributed by atoms with Crippen molar-refractivity contribution in [3.63, 3.8) is 0 Å². The number of alkyl halides is 3. The van der Waals surface area contributed by atoms with E-state index in [2.05, 4.69) is 20.5 Å². The van der Waals surface area contributed by atoms with Gasteiger partial charge < -0.3 is 10.4 Å². The van der Waals surface area contributed by atoms with Gasteiger partial charge in [0.2, 0.25) is 11.6 Å². The average Bonchev–Trinajstić information content (AvgIpc) is 3.03. The molecule has 0 saturated heterocycles. The molecule has 0 aliphatic heterocycles. The first-order chi connectivity index (χ1) is 13.2. The van der Waals surface area contributed by atoms with Gasteiger partial charge in [-0.25, -0.2) is 14.7 Å². The van der Waals surface area contributed by atoms with Crippen LogP contribution >= 0.6 is 0 Å². The molecule has 0 radical (unpaired) electrons. The molecule has 28 heavy (non-hydrogen) atoms. The third kappa shape index (κ3) is 3.82. The lowest BCUT2D eigenvalue weighted by Gasteiger charge is -2.20. The van der Waals surface area contributed by atoms with E-state index in [0.717, 1.165) is 17.0 Å². The summed E-state index contributed by atoms with van der Waals surface area (Å²) in [4.78, 5) is 16.7. The van der Waals surface area contributed by atoms with Crippen LogP contribution in [0.1, 0.15) is 25.0 Å². The summed E-state index contributed by atoms with van der Waals surface area (Å²) in [5.41, 5.74) is -0.0687. The van der Waals surface area contributed by atoms with Crippen molar-refractivity contribution in [1.82, 2.24) is 19.6 Å². The lowest BCUT2D eigenvalue weighted by Crippen LogP contribution is -2.37. The van der Waals surface area contributed by atoms with Crippen LogP contribution in [0.2, 0.25) is 0 Å². The van der Waals surface area contributed by atoms with Gasteiger partial charge in [-0.2, -0.15) is 13.2 Å². The van der Waals surface area contributed by atoms with Gasteiger partial charge in [0.15, 0.2) is 5.82 Å². The van der Waals surface area contributed by atoms with E-state index < -0.39 is 17.8 Å². The molecule has 0 aliphatic carbocycles. The summed E-state index contributed by atoms with van der Waals surface area (Å²) >= 11 is 0. The number of rotatable bonds is 5. The van der Waals surface area contributed by atoms with E-state index in [0.29, 0.717) is 5.56 Å². The zero-order valence-electron chi connectivity index (χ0n) is 15.0. The quantitative estimate of drug-likeness (QED) is 0.686. The van der Waals surface area contributed by atoms with Crippen LogP contribution in [0.3, 0.4) is 0 Å². The highest BCUT2D eigenvalue weighted by molar-refractivity contribution is 5.85. The second kappa shape index (κ2) is 7.33. The lowest BCUT2D eigenvalue weighted by atomic mass is 10.1. The standard InChI is InChI=1S/C17H17F3N6O2/c1-10(2)26(16(27)28)15-24-23-14-13(21-6-7-25(14)15)22-9-11-4-3-5-12(8-11)17(18,19)20/h3-8,10H,9H2,1-2H3,(H,21,22)(H,27,28). The van der Waals surface area contributed by atoms with E-state index >= 15 is 0 Å². The topological polar surface area (TPSA) is 95.7 Å². The minimum atomic E-state index is -4.42. The molecule has 11 heteroatoms. The van der Waals surface area contributed by atoms with E-state index in [-0.39, 0.29) is 30.0 Å². The van der Waals surface area contributed by atoms with Crippen LogP contribution in [0, 0.1) is 0 Å². The fourth-order valence-corrected chi connectivity index (χ4v) is 2.68. The Labute approximate surface area is 157 Å². The molecule has 2 aromatic heterocycles. The van der Waals surface area contributed by atoms with Crippen LogP contribution in [0.15, 0.2) is 36.7 Å². The van der Waals surface area contributed by atoms with E-state index in [4.69, 9.17) is 0 Å². The molecule has 3 rings (SSSR count). The largest absolute Gasteiger partial charge is 0.465 e. The predicted molar refractivity (Wildman–Crippen MR) is 95.2 cm³/mol. The molecule has 0 spiro atoms. The smallest absolute Gasteiger partial charge is 0.416 e. The van der Waals surface area contributed by atoms with Gasteiger partial charge in [0.1, 0.15) is 0 Å². The number of anilines is 2. The second-order valence-electron chi connectivity index (χ2n) is 6.27. The number of nitrogens with one attached hydrogen (secondary N) is 1. The number of aromatic nitrogens is 4. The lowest BCUT2D eigenvalue weighted by molar-refractivity contribution is -0.137. The van der Waals surface area contributed by atoms with Crippen molar-refractivity contribution in [3.05, 3.63) is 47.8 Å². The second-order valence-corrected chi connectivity index (χ2v) is 6.27. The first kappa shape index (κ1) is 19.4. The third-order valence-electron chi connectivity index (χ3n) is 3.96. The van der Waals surface area contributed by atoms with Crippen molar-refractivity contribution in [2.45, 2.75) is 32.6 Å². The molecule has 8 nitrogen and oxygen atoms in total. The Kier molecular flexibility index (Phi) is 5.08. The summed E-state index contributed by atoms with van der Waals surface area (Å²) < 4.78 is 40.0. The number of hydrogen-bond donors (Lipinski definition) is 2. The van der Waals surface area contributed by atoms with Crippen molar-refractivity contribution in [2.75, 3.05) is 10.2 Å². The maximum absolute atomic E-state index is 12.8. The van der Waals surface area contributed by atoms with Crippen LogP contribution in [0.5, 0.6) is 0 Å². The molecule has 0 unspecified atom stereocenters. The van der Waals surface area contributed by atoms with Crippen LogP contribution in [0.4, 0.5) is 29.7 Å². The van der Waals surface area contributed by atoms with Crippen LogP contribution in [-0.2, 0) is 12.7 Å². The molecule has 0 atom stereocenters. The number of carbonyl (C=O) groups is 1.